The second kappa shape index (κ2) is 5.46. The second-order valence-electron chi connectivity index (χ2n) is 5.10. The van der Waals surface area contributed by atoms with Gasteiger partial charge in [-0.05, 0) is 46.5 Å². The molecule has 112 valence electrons. The monoisotopic (exact) mass is 359 g/mol. The highest BCUT2D eigenvalue weighted by atomic mass is 79.9. The van der Waals surface area contributed by atoms with E-state index in [1.54, 1.807) is 12.3 Å². The molecule has 3 rings (SSSR count). The zero-order valence-corrected chi connectivity index (χ0v) is 12.6. The molecule has 0 spiro atoms. The third-order valence-electron chi connectivity index (χ3n) is 3.37. The van der Waals surface area contributed by atoms with Crippen LogP contribution in [-0.4, -0.2) is 15.8 Å². The molecule has 1 fully saturated rings. The third kappa shape index (κ3) is 3.47. The minimum atomic E-state index is -4.37. The lowest BCUT2D eigenvalue weighted by molar-refractivity contribution is -0.138. The Labute approximate surface area is 128 Å². The molecule has 0 bridgehead atoms. The van der Waals surface area contributed by atoms with Gasteiger partial charge in [0, 0.05) is 18.8 Å². The van der Waals surface area contributed by atoms with E-state index in [0.717, 1.165) is 23.4 Å². The summed E-state index contributed by atoms with van der Waals surface area (Å²) in [6.07, 6.45) is 0.871. The van der Waals surface area contributed by atoms with Gasteiger partial charge in [0.2, 0.25) is 0 Å². The molecular weight excluding hydrogens is 347 g/mol. The van der Waals surface area contributed by atoms with Crippen LogP contribution in [0.4, 0.5) is 13.2 Å². The number of halogens is 4. The molecule has 0 aliphatic heterocycles. The Balaban J connectivity index is 1.93. The Hall–Kier alpha value is -1.34. The summed E-state index contributed by atoms with van der Waals surface area (Å²) in [5.41, 5.74) is 0.0485. The van der Waals surface area contributed by atoms with Gasteiger partial charge in [-0.25, -0.2) is 4.68 Å². The number of aromatic nitrogens is 2. The minimum absolute atomic E-state index is 0.239. The Morgan fingerprint density at radius 3 is 2.67 bits per heavy atom. The van der Waals surface area contributed by atoms with Gasteiger partial charge >= 0.3 is 6.18 Å². The van der Waals surface area contributed by atoms with Crippen LogP contribution in [0, 0.1) is 0 Å². The molecule has 0 radical (unpaired) electrons. The second-order valence-corrected chi connectivity index (χ2v) is 6.01. The van der Waals surface area contributed by atoms with Gasteiger partial charge < -0.3 is 5.32 Å². The summed E-state index contributed by atoms with van der Waals surface area (Å²) >= 11 is 3.23. The molecule has 0 saturated heterocycles. The molecule has 21 heavy (non-hydrogen) atoms. The number of nitrogens with one attached hydrogen (secondary N) is 1. The van der Waals surface area contributed by atoms with E-state index in [0.29, 0.717) is 11.7 Å². The molecule has 0 amide bonds. The first-order chi connectivity index (χ1) is 9.93. The fourth-order valence-corrected chi connectivity index (χ4v) is 2.39. The summed E-state index contributed by atoms with van der Waals surface area (Å²) in [6, 6.07) is 4.68. The zero-order chi connectivity index (χ0) is 15.0. The topological polar surface area (TPSA) is 29.9 Å². The first-order valence-corrected chi connectivity index (χ1v) is 7.37. The van der Waals surface area contributed by atoms with Gasteiger partial charge in [0.05, 0.1) is 21.9 Å². The van der Waals surface area contributed by atoms with Gasteiger partial charge in [0.1, 0.15) is 0 Å². The van der Waals surface area contributed by atoms with Crippen molar-refractivity contribution in [1.82, 2.24) is 15.1 Å². The van der Waals surface area contributed by atoms with Crippen molar-refractivity contribution < 1.29 is 13.2 Å². The normalized spacial score (nSPS) is 15.4. The van der Waals surface area contributed by atoms with E-state index in [1.165, 1.54) is 16.9 Å². The summed E-state index contributed by atoms with van der Waals surface area (Å²) in [6.45, 7) is 0.239. The van der Waals surface area contributed by atoms with Gasteiger partial charge in [0.15, 0.2) is 0 Å². The predicted molar refractivity (Wildman–Crippen MR) is 76.1 cm³/mol. The van der Waals surface area contributed by atoms with Crippen LogP contribution in [0.25, 0.3) is 5.69 Å². The molecule has 1 N–H and O–H groups in total. The van der Waals surface area contributed by atoms with Crippen LogP contribution in [-0.2, 0) is 12.7 Å². The highest BCUT2D eigenvalue weighted by Gasteiger charge is 2.34. The fraction of sp³-hybridized carbons (Fsp3) is 0.357. The highest BCUT2D eigenvalue weighted by Crippen LogP contribution is 2.34. The van der Waals surface area contributed by atoms with Gasteiger partial charge in [-0.15, -0.1) is 0 Å². The van der Waals surface area contributed by atoms with E-state index in [9.17, 15) is 13.2 Å². The predicted octanol–water partition coefficient (Wildman–Crippen LogP) is 3.91. The summed E-state index contributed by atoms with van der Waals surface area (Å²) in [5, 5.41) is 7.13. The SMILES string of the molecule is FC(F)(F)c1cc(-n2cc(Br)cn2)ccc1CNC1CC1. The molecule has 2 aromatic rings. The molecule has 3 nitrogen and oxygen atoms in total. The maximum Gasteiger partial charge on any atom is 0.416 e. The van der Waals surface area contributed by atoms with Crippen molar-refractivity contribution in [1.29, 1.82) is 0 Å². The summed E-state index contributed by atoms with van der Waals surface area (Å²) in [7, 11) is 0. The van der Waals surface area contributed by atoms with Crippen molar-refractivity contribution in [3.8, 4) is 5.69 Å². The molecule has 7 heteroatoms. The lowest BCUT2D eigenvalue weighted by atomic mass is 10.1. The van der Waals surface area contributed by atoms with Crippen LogP contribution in [0.2, 0.25) is 0 Å². The molecule has 1 saturated carbocycles. The van der Waals surface area contributed by atoms with Gasteiger partial charge in [-0.1, -0.05) is 6.07 Å². The quantitative estimate of drug-likeness (QED) is 0.896. The van der Waals surface area contributed by atoms with Crippen molar-refractivity contribution in [2.75, 3.05) is 0 Å². The van der Waals surface area contributed by atoms with Gasteiger partial charge in [-0.3, -0.25) is 0 Å². The lowest BCUT2D eigenvalue weighted by Gasteiger charge is -2.15. The van der Waals surface area contributed by atoms with Crippen LogP contribution in [0.15, 0.2) is 35.1 Å². The molecule has 0 atom stereocenters. The van der Waals surface area contributed by atoms with E-state index >= 15 is 0 Å². The van der Waals surface area contributed by atoms with Crippen molar-refractivity contribution in [3.63, 3.8) is 0 Å². The molecule has 1 aromatic heterocycles. The number of nitrogens with zero attached hydrogens (tertiary/aromatic N) is 2. The van der Waals surface area contributed by atoms with Crippen LogP contribution in [0.1, 0.15) is 24.0 Å². The Morgan fingerprint density at radius 1 is 1.33 bits per heavy atom. The van der Waals surface area contributed by atoms with Crippen molar-refractivity contribution >= 4 is 15.9 Å². The van der Waals surface area contributed by atoms with Crippen LogP contribution in [0.5, 0.6) is 0 Å². The number of alkyl halides is 3. The van der Waals surface area contributed by atoms with E-state index in [4.69, 9.17) is 0 Å². The largest absolute Gasteiger partial charge is 0.416 e. The highest BCUT2D eigenvalue weighted by molar-refractivity contribution is 9.10. The van der Waals surface area contributed by atoms with E-state index < -0.39 is 11.7 Å². The number of rotatable bonds is 4. The first-order valence-electron chi connectivity index (χ1n) is 6.57. The minimum Gasteiger partial charge on any atom is -0.310 e. The Kier molecular flexibility index (Phi) is 3.79. The lowest BCUT2D eigenvalue weighted by Crippen LogP contribution is -2.19. The third-order valence-corrected chi connectivity index (χ3v) is 3.78. The number of benzene rings is 1. The van der Waals surface area contributed by atoms with E-state index in [1.807, 2.05) is 0 Å². The number of hydrogen-bond acceptors (Lipinski definition) is 2. The van der Waals surface area contributed by atoms with Crippen molar-refractivity contribution in [3.05, 3.63) is 46.2 Å². The van der Waals surface area contributed by atoms with E-state index in [-0.39, 0.29) is 12.1 Å². The average molecular weight is 360 g/mol. The van der Waals surface area contributed by atoms with Crippen LogP contribution >= 0.6 is 15.9 Å². The molecule has 1 aliphatic rings. The maximum atomic E-state index is 13.2. The first kappa shape index (κ1) is 14.6. The van der Waals surface area contributed by atoms with Gasteiger partial charge in [-0.2, -0.15) is 18.3 Å². The fourth-order valence-electron chi connectivity index (χ4n) is 2.11. The van der Waals surface area contributed by atoms with Gasteiger partial charge in [0.25, 0.3) is 0 Å². The molecule has 0 unspecified atom stereocenters. The summed E-state index contributed by atoms with van der Waals surface area (Å²) in [5.74, 6) is 0. The van der Waals surface area contributed by atoms with Crippen molar-refractivity contribution in [2.24, 2.45) is 0 Å². The Morgan fingerprint density at radius 2 is 2.10 bits per heavy atom. The molecule has 1 heterocycles. The Bertz CT molecular complexity index is 647. The standard InChI is InChI=1S/C14H13BrF3N3/c15-10-7-20-21(8-10)12-4-1-9(6-19-11-2-3-11)13(5-12)14(16,17)18/h1,4-5,7-8,11,19H,2-3,6H2. The van der Waals surface area contributed by atoms with E-state index in [2.05, 4.69) is 26.3 Å². The molecule has 1 aliphatic carbocycles. The smallest absolute Gasteiger partial charge is 0.310 e. The summed E-state index contributed by atoms with van der Waals surface area (Å²) in [4.78, 5) is 0. The number of hydrogen-bond donors (Lipinski definition) is 1. The zero-order valence-electron chi connectivity index (χ0n) is 11.0. The van der Waals surface area contributed by atoms with Crippen molar-refractivity contribution in [2.45, 2.75) is 31.6 Å². The maximum absolute atomic E-state index is 13.2. The summed E-state index contributed by atoms with van der Waals surface area (Å²) < 4.78 is 41.8. The molecule has 1 aromatic carbocycles. The molecular formula is C14H13BrF3N3. The average Bonchev–Trinajstić information content (AvgIpc) is 3.16. The van der Waals surface area contributed by atoms with Crippen LogP contribution < -0.4 is 5.32 Å². The van der Waals surface area contributed by atoms with Crippen LogP contribution in [0.3, 0.4) is 0 Å².